The first-order valence-electron chi connectivity index (χ1n) is 9.99. The molecule has 0 bridgehead atoms. The number of likely N-dealkylation sites (tertiary alicyclic amines) is 1. The summed E-state index contributed by atoms with van der Waals surface area (Å²) in [6.07, 6.45) is 2.52. The third kappa shape index (κ3) is 4.86. The molecule has 0 aromatic heterocycles. The third-order valence-corrected chi connectivity index (χ3v) is 5.31. The van der Waals surface area contributed by atoms with Gasteiger partial charge >= 0.3 is 11.9 Å². The Morgan fingerprint density at radius 3 is 2.40 bits per heavy atom. The van der Waals surface area contributed by atoms with Crippen molar-refractivity contribution in [2.45, 2.75) is 31.2 Å². The molecule has 1 aliphatic rings. The van der Waals surface area contributed by atoms with Gasteiger partial charge in [-0.2, -0.15) is 0 Å². The normalized spacial score (nSPS) is 17.1. The van der Waals surface area contributed by atoms with Crippen LogP contribution in [-0.2, 0) is 14.3 Å². The van der Waals surface area contributed by atoms with Crippen LogP contribution in [0.1, 0.15) is 41.1 Å². The number of methoxy groups -OCH3 is 1. The van der Waals surface area contributed by atoms with Crippen molar-refractivity contribution in [2.75, 3.05) is 20.2 Å². The Morgan fingerprint density at radius 1 is 1.07 bits per heavy atom. The standard InChI is InChI=1S/C23H26N2O5/c1-29-23(28)21(16-7-3-2-4-8-16)19-9-5-6-14-25(19)22(27)17-10-12-18(13-11-17)30-20(26)15-24/h2-4,7-8,10-13,19,21H,5-6,9,14-15,24H2,1H3/t19?,21-/m1/s1. The van der Waals surface area contributed by atoms with Gasteiger partial charge in [-0.15, -0.1) is 0 Å². The Morgan fingerprint density at radius 2 is 1.77 bits per heavy atom. The fourth-order valence-corrected chi connectivity index (χ4v) is 3.86. The minimum absolute atomic E-state index is 0.166. The van der Waals surface area contributed by atoms with Crippen LogP contribution < -0.4 is 10.5 Å². The van der Waals surface area contributed by atoms with E-state index in [2.05, 4.69) is 0 Å². The SMILES string of the molecule is COC(=O)[C@H](c1ccccc1)C1CCCCN1C(=O)c1ccc(OC(=O)CN)cc1. The van der Waals surface area contributed by atoms with E-state index in [9.17, 15) is 14.4 Å². The summed E-state index contributed by atoms with van der Waals surface area (Å²) in [7, 11) is 1.37. The molecule has 1 unspecified atom stereocenters. The van der Waals surface area contributed by atoms with Crippen molar-refractivity contribution in [3.8, 4) is 5.75 Å². The number of piperidine rings is 1. The second-order valence-electron chi connectivity index (χ2n) is 7.18. The highest BCUT2D eigenvalue weighted by atomic mass is 16.5. The summed E-state index contributed by atoms with van der Waals surface area (Å²) in [5, 5.41) is 0. The first-order chi connectivity index (χ1) is 14.5. The molecule has 3 rings (SSSR count). The van der Waals surface area contributed by atoms with Crippen LogP contribution in [0.4, 0.5) is 0 Å². The van der Waals surface area contributed by atoms with Crippen LogP contribution in [0.3, 0.4) is 0 Å². The smallest absolute Gasteiger partial charge is 0.325 e. The van der Waals surface area contributed by atoms with E-state index in [4.69, 9.17) is 15.2 Å². The van der Waals surface area contributed by atoms with Crippen LogP contribution in [0, 0.1) is 0 Å². The van der Waals surface area contributed by atoms with Crippen molar-refractivity contribution in [3.63, 3.8) is 0 Å². The Kier molecular flexibility index (Phi) is 7.19. The number of nitrogens with zero attached hydrogens (tertiary/aromatic N) is 1. The molecule has 0 radical (unpaired) electrons. The molecule has 7 heteroatoms. The van der Waals surface area contributed by atoms with Crippen LogP contribution in [0.2, 0.25) is 0 Å². The molecule has 0 aliphatic carbocycles. The Balaban J connectivity index is 1.86. The summed E-state index contributed by atoms with van der Waals surface area (Å²) < 4.78 is 10.1. The van der Waals surface area contributed by atoms with E-state index in [1.807, 2.05) is 30.3 Å². The van der Waals surface area contributed by atoms with Crippen LogP contribution >= 0.6 is 0 Å². The molecule has 1 heterocycles. The predicted octanol–water partition coefficient (Wildman–Crippen LogP) is 2.50. The van der Waals surface area contributed by atoms with E-state index >= 15 is 0 Å². The fraction of sp³-hybridized carbons (Fsp3) is 0.348. The number of benzene rings is 2. The number of amides is 1. The summed E-state index contributed by atoms with van der Waals surface area (Å²) in [6.45, 7) is 0.346. The van der Waals surface area contributed by atoms with Crippen molar-refractivity contribution in [2.24, 2.45) is 5.73 Å². The molecule has 1 aliphatic heterocycles. The van der Waals surface area contributed by atoms with Crippen LogP contribution in [0.25, 0.3) is 0 Å². The van der Waals surface area contributed by atoms with E-state index < -0.39 is 11.9 Å². The van der Waals surface area contributed by atoms with Gasteiger partial charge in [0.05, 0.1) is 13.7 Å². The number of esters is 2. The topological polar surface area (TPSA) is 98.9 Å². The van der Waals surface area contributed by atoms with E-state index in [0.29, 0.717) is 24.3 Å². The summed E-state index contributed by atoms with van der Waals surface area (Å²) >= 11 is 0. The number of ether oxygens (including phenoxy) is 2. The van der Waals surface area contributed by atoms with Gasteiger partial charge in [0.2, 0.25) is 0 Å². The maximum Gasteiger partial charge on any atom is 0.325 e. The maximum absolute atomic E-state index is 13.3. The zero-order valence-electron chi connectivity index (χ0n) is 17.0. The minimum atomic E-state index is -0.551. The first kappa shape index (κ1) is 21.5. The molecule has 1 amide bonds. The molecule has 0 saturated carbocycles. The van der Waals surface area contributed by atoms with Gasteiger partial charge in [-0.1, -0.05) is 30.3 Å². The number of carbonyl (C=O) groups is 3. The third-order valence-electron chi connectivity index (χ3n) is 5.31. The zero-order valence-corrected chi connectivity index (χ0v) is 17.0. The van der Waals surface area contributed by atoms with Crippen LogP contribution in [-0.4, -0.2) is 49.0 Å². The fourth-order valence-electron chi connectivity index (χ4n) is 3.86. The molecule has 1 saturated heterocycles. The molecular formula is C23H26N2O5. The monoisotopic (exact) mass is 410 g/mol. The lowest BCUT2D eigenvalue weighted by atomic mass is 9.84. The molecule has 158 valence electrons. The first-order valence-corrected chi connectivity index (χ1v) is 9.99. The van der Waals surface area contributed by atoms with E-state index in [1.54, 1.807) is 29.2 Å². The second kappa shape index (κ2) is 10.0. The van der Waals surface area contributed by atoms with E-state index in [1.165, 1.54) is 7.11 Å². The van der Waals surface area contributed by atoms with Crippen LogP contribution in [0.5, 0.6) is 5.75 Å². The highest BCUT2D eigenvalue weighted by Crippen LogP contribution is 2.32. The van der Waals surface area contributed by atoms with Crippen molar-refractivity contribution in [1.82, 2.24) is 4.90 Å². The van der Waals surface area contributed by atoms with Gasteiger partial charge in [0.15, 0.2) is 0 Å². The molecule has 2 aromatic rings. The lowest BCUT2D eigenvalue weighted by Gasteiger charge is -2.39. The molecule has 2 aromatic carbocycles. The Hall–Kier alpha value is -3.19. The average Bonchev–Trinajstić information content (AvgIpc) is 2.80. The molecule has 30 heavy (non-hydrogen) atoms. The van der Waals surface area contributed by atoms with Gasteiger partial charge in [-0.3, -0.25) is 14.4 Å². The number of rotatable bonds is 6. The zero-order chi connectivity index (χ0) is 21.5. The van der Waals surface area contributed by atoms with Gasteiger partial charge < -0.3 is 20.1 Å². The number of nitrogens with two attached hydrogens (primary N) is 1. The van der Waals surface area contributed by atoms with Crippen molar-refractivity contribution >= 4 is 17.8 Å². The summed E-state index contributed by atoms with van der Waals surface area (Å²) in [4.78, 5) is 39.1. The highest BCUT2D eigenvalue weighted by Gasteiger charge is 2.38. The quantitative estimate of drug-likeness (QED) is 0.580. The van der Waals surface area contributed by atoms with Gasteiger partial charge in [0.25, 0.3) is 5.91 Å². The van der Waals surface area contributed by atoms with E-state index in [0.717, 1.165) is 18.4 Å². The molecule has 7 nitrogen and oxygen atoms in total. The average molecular weight is 410 g/mol. The largest absolute Gasteiger partial charge is 0.468 e. The Labute approximate surface area is 175 Å². The van der Waals surface area contributed by atoms with Crippen molar-refractivity contribution in [3.05, 3.63) is 65.7 Å². The summed E-state index contributed by atoms with van der Waals surface area (Å²) in [5.41, 5.74) is 6.55. The molecular weight excluding hydrogens is 384 g/mol. The molecule has 2 N–H and O–H groups in total. The predicted molar refractivity (Wildman–Crippen MR) is 111 cm³/mol. The highest BCUT2D eigenvalue weighted by molar-refractivity contribution is 5.95. The van der Waals surface area contributed by atoms with Crippen molar-refractivity contribution in [1.29, 1.82) is 0 Å². The van der Waals surface area contributed by atoms with Gasteiger partial charge in [0.1, 0.15) is 11.7 Å². The lowest BCUT2D eigenvalue weighted by Crippen LogP contribution is -2.48. The molecule has 2 atom stereocenters. The number of carbonyl (C=O) groups excluding carboxylic acids is 3. The Bertz CT molecular complexity index is 882. The van der Waals surface area contributed by atoms with Gasteiger partial charge in [-0.05, 0) is 49.1 Å². The van der Waals surface area contributed by atoms with Crippen molar-refractivity contribution < 1.29 is 23.9 Å². The number of hydrogen-bond donors (Lipinski definition) is 1. The molecule has 0 spiro atoms. The second-order valence-corrected chi connectivity index (χ2v) is 7.18. The maximum atomic E-state index is 13.3. The summed E-state index contributed by atoms with van der Waals surface area (Å²) in [6, 6.07) is 15.5. The van der Waals surface area contributed by atoms with Crippen LogP contribution in [0.15, 0.2) is 54.6 Å². The minimum Gasteiger partial charge on any atom is -0.468 e. The van der Waals surface area contributed by atoms with Gasteiger partial charge in [-0.25, -0.2) is 0 Å². The molecule has 1 fully saturated rings. The van der Waals surface area contributed by atoms with Gasteiger partial charge in [0, 0.05) is 18.2 Å². The lowest BCUT2D eigenvalue weighted by molar-refractivity contribution is -0.144. The summed E-state index contributed by atoms with van der Waals surface area (Å²) in [5.74, 6) is -1.29. The number of hydrogen-bond acceptors (Lipinski definition) is 6. The van der Waals surface area contributed by atoms with E-state index in [-0.39, 0.29) is 24.5 Å².